The molecule has 1 aromatic carbocycles. The van der Waals surface area contributed by atoms with Crippen LogP contribution in [0.15, 0.2) is 28.7 Å². The van der Waals surface area contributed by atoms with Gasteiger partial charge in [0, 0.05) is 11.5 Å². The highest BCUT2D eigenvalue weighted by molar-refractivity contribution is 5.88. The van der Waals surface area contributed by atoms with Crippen LogP contribution in [0.3, 0.4) is 0 Å². The Hall–Kier alpha value is -2.17. The second kappa shape index (κ2) is 4.84. The molecule has 0 saturated heterocycles. The van der Waals surface area contributed by atoms with Gasteiger partial charge in [0.05, 0.1) is 5.56 Å². The van der Waals surface area contributed by atoms with Gasteiger partial charge in [-0.1, -0.05) is 12.8 Å². The van der Waals surface area contributed by atoms with Crippen LogP contribution >= 0.6 is 0 Å². The molecule has 98 valence electrons. The first kappa shape index (κ1) is 11.9. The fourth-order valence-corrected chi connectivity index (χ4v) is 2.44. The molecule has 0 unspecified atom stereocenters. The molecule has 5 nitrogen and oxygen atoms in total. The number of hydrogen-bond donors (Lipinski definition) is 1. The van der Waals surface area contributed by atoms with E-state index in [1.165, 1.54) is 25.0 Å². The molecular weight excluding hydrogens is 244 g/mol. The Balaban J connectivity index is 1.83. The van der Waals surface area contributed by atoms with Gasteiger partial charge in [0.1, 0.15) is 0 Å². The lowest BCUT2D eigenvalue weighted by Crippen LogP contribution is -1.94. The maximum absolute atomic E-state index is 10.8. The van der Waals surface area contributed by atoms with E-state index in [-0.39, 0.29) is 5.56 Å². The third-order valence-corrected chi connectivity index (χ3v) is 3.52. The van der Waals surface area contributed by atoms with E-state index >= 15 is 0 Å². The molecule has 3 rings (SSSR count). The van der Waals surface area contributed by atoms with Gasteiger partial charge >= 0.3 is 5.97 Å². The summed E-state index contributed by atoms with van der Waals surface area (Å²) in [6.07, 6.45) is 4.66. The molecule has 0 atom stereocenters. The summed E-state index contributed by atoms with van der Waals surface area (Å²) in [6, 6.07) is 6.46. The zero-order chi connectivity index (χ0) is 13.2. The fraction of sp³-hybridized carbons (Fsp3) is 0.357. The molecule has 1 N–H and O–H groups in total. The summed E-state index contributed by atoms with van der Waals surface area (Å²) < 4.78 is 5.68. The molecule has 1 fully saturated rings. The van der Waals surface area contributed by atoms with Crippen LogP contribution in [0.4, 0.5) is 0 Å². The molecule has 1 saturated carbocycles. The van der Waals surface area contributed by atoms with Crippen LogP contribution < -0.4 is 0 Å². The van der Waals surface area contributed by atoms with Crippen molar-refractivity contribution in [3.8, 4) is 11.5 Å². The minimum Gasteiger partial charge on any atom is -0.478 e. The van der Waals surface area contributed by atoms with Gasteiger partial charge in [-0.05, 0) is 37.1 Å². The summed E-state index contributed by atoms with van der Waals surface area (Å²) in [6.45, 7) is 0. The number of benzene rings is 1. The third kappa shape index (κ3) is 2.36. The first-order valence-corrected chi connectivity index (χ1v) is 6.41. The normalized spacial score (nSPS) is 15.8. The van der Waals surface area contributed by atoms with Gasteiger partial charge in [0.2, 0.25) is 11.8 Å². The van der Waals surface area contributed by atoms with E-state index < -0.39 is 5.97 Å². The Morgan fingerprint density at radius 1 is 1.16 bits per heavy atom. The molecule has 0 radical (unpaired) electrons. The van der Waals surface area contributed by atoms with Crippen LogP contribution in [0.1, 0.15) is 47.8 Å². The van der Waals surface area contributed by atoms with Crippen molar-refractivity contribution in [1.82, 2.24) is 10.2 Å². The summed E-state index contributed by atoms with van der Waals surface area (Å²) in [7, 11) is 0. The molecule has 0 amide bonds. The van der Waals surface area contributed by atoms with Crippen molar-refractivity contribution in [3.63, 3.8) is 0 Å². The zero-order valence-electron chi connectivity index (χ0n) is 10.4. The SMILES string of the molecule is O=C(O)c1ccc(-c2nnc(C3CCCC3)o2)cc1. The van der Waals surface area contributed by atoms with Crippen molar-refractivity contribution in [2.24, 2.45) is 0 Å². The standard InChI is InChI=1S/C14H14N2O3/c17-14(18)11-7-5-10(6-8-11)13-16-15-12(19-13)9-3-1-2-4-9/h5-9H,1-4H2,(H,17,18). The molecule has 2 aromatic rings. The van der Waals surface area contributed by atoms with E-state index in [2.05, 4.69) is 10.2 Å². The Morgan fingerprint density at radius 2 is 1.84 bits per heavy atom. The predicted octanol–water partition coefficient (Wildman–Crippen LogP) is 3.09. The number of aromatic carboxylic acids is 1. The lowest BCUT2D eigenvalue weighted by Gasteiger charge is -2.00. The summed E-state index contributed by atoms with van der Waals surface area (Å²) in [5.74, 6) is 0.608. The van der Waals surface area contributed by atoms with Gasteiger partial charge in [0.25, 0.3) is 0 Å². The van der Waals surface area contributed by atoms with Crippen LogP contribution in [0, 0.1) is 0 Å². The molecule has 5 heteroatoms. The number of rotatable bonds is 3. The second-order valence-electron chi connectivity index (χ2n) is 4.81. The van der Waals surface area contributed by atoms with Crippen LogP contribution in [-0.4, -0.2) is 21.3 Å². The van der Waals surface area contributed by atoms with Gasteiger partial charge in [0.15, 0.2) is 0 Å². The molecule has 19 heavy (non-hydrogen) atoms. The number of hydrogen-bond acceptors (Lipinski definition) is 4. The first-order valence-electron chi connectivity index (χ1n) is 6.41. The molecule has 1 aliphatic rings. The van der Waals surface area contributed by atoms with E-state index in [1.54, 1.807) is 12.1 Å². The Kier molecular flexibility index (Phi) is 3.03. The highest BCUT2D eigenvalue weighted by Crippen LogP contribution is 2.34. The van der Waals surface area contributed by atoms with Crippen molar-refractivity contribution < 1.29 is 14.3 Å². The number of nitrogens with zero attached hydrogens (tertiary/aromatic N) is 2. The van der Waals surface area contributed by atoms with Crippen molar-refractivity contribution in [2.75, 3.05) is 0 Å². The van der Waals surface area contributed by atoms with E-state index in [0.717, 1.165) is 18.4 Å². The van der Waals surface area contributed by atoms with Crippen molar-refractivity contribution in [3.05, 3.63) is 35.7 Å². The largest absolute Gasteiger partial charge is 0.478 e. The van der Waals surface area contributed by atoms with Crippen molar-refractivity contribution >= 4 is 5.97 Å². The number of carboxylic acid groups (broad SMARTS) is 1. The molecule has 0 spiro atoms. The lowest BCUT2D eigenvalue weighted by molar-refractivity contribution is 0.0697. The van der Waals surface area contributed by atoms with Gasteiger partial charge in [-0.3, -0.25) is 0 Å². The molecule has 0 aliphatic heterocycles. The van der Waals surface area contributed by atoms with Gasteiger partial charge in [-0.15, -0.1) is 10.2 Å². The van der Waals surface area contributed by atoms with Crippen LogP contribution in [-0.2, 0) is 0 Å². The maximum atomic E-state index is 10.8. The van der Waals surface area contributed by atoms with Crippen LogP contribution in [0.25, 0.3) is 11.5 Å². The Morgan fingerprint density at radius 3 is 2.47 bits per heavy atom. The fourth-order valence-electron chi connectivity index (χ4n) is 2.44. The van der Waals surface area contributed by atoms with Crippen LogP contribution in [0.5, 0.6) is 0 Å². The van der Waals surface area contributed by atoms with E-state index in [9.17, 15) is 4.79 Å². The molecule has 1 aromatic heterocycles. The zero-order valence-corrected chi connectivity index (χ0v) is 10.4. The first-order chi connectivity index (χ1) is 9.24. The smallest absolute Gasteiger partial charge is 0.335 e. The average Bonchev–Trinajstić information content (AvgIpc) is 3.10. The van der Waals surface area contributed by atoms with E-state index in [4.69, 9.17) is 9.52 Å². The number of carboxylic acids is 1. The minimum atomic E-state index is -0.941. The van der Waals surface area contributed by atoms with Crippen LogP contribution in [0.2, 0.25) is 0 Å². The Labute approximate surface area is 110 Å². The lowest BCUT2D eigenvalue weighted by atomic mass is 10.1. The maximum Gasteiger partial charge on any atom is 0.335 e. The number of aromatic nitrogens is 2. The summed E-state index contributed by atoms with van der Waals surface area (Å²) >= 11 is 0. The highest BCUT2D eigenvalue weighted by atomic mass is 16.4. The van der Waals surface area contributed by atoms with E-state index in [0.29, 0.717) is 17.7 Å². The third-order valence-electron chi connectivity index (χ3n) is 3.52. The monoisotopic (exact) mass is 258 g/mol. The molecular formula is C14H14N2O3. The van der Waals surface area contributed by atoms with E-state index in [1.807, 2.05) is 0 Å². The summed E-state index contributed by atoms with van der Waals surface area (Å²) in [5.41, 5.74) is 1.00. The molecule has 1 aliphatic carbocycles. The topological polar surface area (TPSA) is 76.2 Å². The average molecular weight is 258 g/mol. The number of carbonyl (C=O) groups is 1. The van der Waals surface area contributed by atoms with Gasteiger partial charge in [-0.2, -0.15) is 0 Å². The highest BCUT2D eigenvalue weighted by Gasteiger charge is 2.23. The predicted molar refractivity (Wildman–Crippen MR) is 67.9 cm³/mol. The summed E-state index contributed by atoms with van der Waals surface area (Å²) in [4.78, 5) is 10.8. The molecule has 0 bridgehead atoms. The van der Waals surface area contributed by atoms with Crippen molar-refractivity contribution in [2.45, 2.75) is 31.6 Å². The second-order valence-corrected chi connectivity index (χ2v) is 4.81. The minimum absolute atomic E-state index is 0.249. The van der Waals surface area contributed by atoms with Crippen molar-refractivity contribution in [1.29, 1.82) is 0 Å². The quantitative estimate of drug-likeness (QED) is 0.915. The molecule has 1 heterocycles. The van der Waals surface area contributed by atoms with Gasteiger partial charge in [-0.25, -0.2) is 4.79 Å². The Bertz CT molecular complexity index is 583. The summed E-state index contributed by atoms with van der Waals surface area (Å²) in [5, 5.41) is 17.0. The van der Waals surface area contributed by atoms with Gasteiger partial charge < -0.3 is 9.52 Å².